The Kier molecular flexibility index (Phi) is 4.98. The highest BCUT2D eigenvalue weighted by Crippen LogP contribution is 2.15. The Labute approximate surface area is 135 Å². The molecule has 0 radical (unpaired) electrons. The van der Waals surface area contributed by atoms with Crippen LogP contribution in [0.3, 0.4) is 0 Å². The fraction of sp³-hybridized carbons (Fsp3) is 0.375. The number of hydrogen-bond acceptors (Lipinski definition) is 6. The maximum absolute atomic E-state index is 11.5. The van der Waals surface area contributed by atoms with E-state index in [1.54, 1.807) is 12.4 Å². The van der Waals surface area contributed by atoms with Crippen LogP contribution in [0.1, 0.15) is 19.3 Å². The molecular weight excluding hydrogens is 292 g/mol. The minimum atomic E-state index is 0.274. The normalized spacial score (nSPS) is 14.1. The van der Waals surface area contributed by atoms with Crippen molar-refractivity contribution in [3.8, 4) is 0 Å². The second-order valence-electron chi connectivity index (χ2n) is 5.41. The van der Waals surface area contributed by atoms with Gasteiger partial charge in [0, 0.05) is 50.2 Å². The van der Waals surface area contributed by atoms with Crippen LogP contribution in [-0.2, 0) is 4.79 Å². The number of pyridine rings is 1. The summed E-state index contributed by atoms with van der Waals surface area (Å²) in [5.74, 6) is 1.77. The average molecular weight is 312 g/mol. The van der Waals surface area contributed by atoms with E-state index in [9.17, 15) is 4.79 Å². The first-order valence-corrected chi connectivity index (χ1v) is 7.82. The van der Waals surface area contributed by atoms with Gasteiger partial charge in [0.2, 0.25) is 5.91 Å². The third kappa shape index (κ3) is 4.38. The summed E-state index contributed by atoms with van der Waals surface area (Å²) in [5, 5.41) is 6.47. The minimum absolute atomic E-state index is 0.274. The second-order valence-corrected chi connectivity index (χ2v) is 5.41. The summed E-state index contributed by atoms with van der Waals surface area (Å²) in [6, 6.07) is 5.62. The van der Waals surface area contributed by atoms with E-state index in [-0.39, 0.29) is 5.91 Å². The monoisotopic (exact) mass is 312 g/mol. The van der Waals surface area contributed by atoms with Gasteiger partial charge in [0.1, 0.15) is 18.0 Å². The van der Waals surface area contributed by atoms with Crippen molar-refractivity contribution in [1.29, 1.82) is 0 Å². The van der Waals surface area contributed by atoms with Crippen LogP contribution in [0, 0.1) is 0 Å². The van der Waals surface area contributed by atoms with Gasteiger partial charge in [0.05, 0.1) is 0 Å². The Morgan fingerprint density at radius 1 is 1.17 bits per heavy atom. The minimum Gasteiger partial charge on any atom is -0.370 e. The number of nitrogens with one attached hydrogen (secondary N) is 2. The zero-order valence-corrected chi connectivity index (χ0v) is 12.9. The number of rotatable bonds is 7. The first kappa shape index (κ1) is 15.2. The van der Waals surface area contributed by atoms with E-state index < -0.39 is 0 Å². The van der Waals surface area contributed by atoms with Crippen LogP contribution in [0.4, 0.5) is 17.3 Å². The highest BCUT2D eigenvalue weighted by atomic mass is 16.2. The quantitative estimate of drug-likeness (QED) is 0.761. The molecule has 0 unspecified atom stereocenters. The molecule has 0 bridgehead atoms. The topological polar surface area (TPSA) is 83.0 Å². The third-order valence-electron chi connectivity index (χ3n) is 3.70. The van der Waals surface area contributed by atoms with E-state index in [2.05, 4.69) is 25.6 Å². The summed E-state index contributed by atoms with van der Waals surface area (Å²) >= 11 is 0. The molecule has 0 atom stereocenters. The Balaban J connectivity index is 1.47. The van der Waals surface area contributed by atoms with Gasteiger partial charge in [-0.25, -0.2) is 9.97 Å². The Morgan fingerprint density at radius 3 is 2.78 bits per heavy atom. The molecule has 120 valence electrons. The second kappa shape index (κ2) is 7.53. The van der Waals surface area contributed by atoms with Crippen LogP contribution in [0.5, 0.6) is 0 Å². The highest BCUT2D eigenvalue weighted by Gasteiger charge is 2.18. The Morgan fingerprint density at radius 2 is 2.00 bits per heavy atom. The average Bonchev–Trinajstić information content (AvgIpc) is 2.98. The molecule has 2 aromatic heterocycles. The van der Waals surface area contributed by atoms with Crippen molar-refractivity contribution >= 4 is 23.2 Å². The number of anilines is 3. The van der Waals surface area contributed by atoms with Crippen molar-refractivity contribution in [3.05, 3.63) is 36.9 Å². The lowest BCUT2D eigenvalue weighted by molar-refractivity contribution is -0.127. The van der Waals surface area contributed by atoms with Gasteiger partial charge in [-0.1, -0.05) is 0 Å². The molecule has 3 rings (SSSR count). The van der Waals surface area contributed by atoms with Crippen LogP contribution < -0.4 is 10.6 Å². The number of carbonyl (C=O) groups is 1. The summed E-state index contributed by atoms with van der Waals surface area (Å²) in [7, 11) is 0. The summed E-state index contributed by atoms with van der Waals surface area (Å²) in [6.45, 7) is 2.47. The standard InChI is InChI=1S/C16H20N6O/c23-16-3-1-9-22(16)10-2-6-18-14-11-15(20-12-19-14)21-13-4-7-17-8-5-13/h4-5,7-8,11-12H,1-3,6,9-10H2,(H2,17,18,19,20,21). The number of carbonyl (C=O) groups excluding carboxylic acids is 1. The fourth-order valence-electron chi connectivity index (χ4n) is 2.53. The van der Waals surface area contributed by atoms with E-state index in [4.69, 9.17) is 0 Å². The number of hydrogen-bond donors (Lipinski definition) is 2. The predicted molar refractivity (Wildman–Crippen MR) is 88.5 cm³/mol. The van der Waals surface area contributed by atoms with Crippen molar-refractivity contribution in [2.45, 2.75) is 19.3 Å². The van der Waals surface area contributed by atoms with Gasteiger partial charge in [-0.05, 0) is 25.0 Å². The van der Waals surface area contributed by atoms with E-state index >= 15 is 0 Å². The van der Waals surface area contributed by atoms with Crippen LogP contribution in [0.25, 0.3) is 0 Å². The van der Waals surface area contributed by atoms with E-state index in [1.165, 1.54) is 6.33 Å². The number of aromatic nitrogens is 3. The van der Waals surface area contributed by atoms with E-state index in [0.717, 1.165) is 49.8 Å². The zero-order chi connectivity index (χ0) is 15.9. The largest absolute Gasteiger partial charge is 0.370 e. The van der Waals surface area contributed by atoms with Gasteiger partial charge in [-0.3, -0.25) is 9.78 Å². The van der Waals surface area contributed by atoms with Gasteiger partial charge in [0.25, 0.3) is 0 Å². The van der Waals surface area contributed by atoms with E-state index in [0.29, 0.717) is 6.42 Å². The molecule has 2 N–H and O–H groups in total. The molecule has 1 aliphatic heterocycles. The van der Waals surface area contributed by atoms with Gasteiger partial charge >= 0.3 is 0 Å². The molecule has 3 heterocycles. The van der Waals surface area contributed by atoms with Crippen LogP contribution in [0.2, 0.25) is 0 Å². The van der Waals surface area contributed by atoms with Gasteiger partial charge in [-0.2, -0.15) is 0 Å². The fourth-order valence-corrected chi connectivity index (χ4v) is 2.53. The maximum Gasteiger partial charge on any atom is 0.222 e. The van der Waals surface area contributed by atoms with Gasteiger partial charge in [0.15, 0.2) is 0 Å². The molecule has 0 aromatic carbocycles. The SMILES string of the molecule is O=C1CCCN1CCCNc1cc(Nc2ccncc2)ncn1. The zero-order valence-electron chi connectivity index (χ0n) is 12.9. The van der Waals surface area contributed by atoms with Crippen molar-refractivity contribution in [1.82, 2.24) is 19.9 Å². The lowest BCUT2D eigenvalue weighted by Crippen LogP contribution is -2.27. The van der Waals surface area contributed by atoms with E-state index in [1.807, 2.05) is 23.1 Å². The molecule has 23 heavy (non-hydrogen) atoms. The smallest absolute Gasteiger partial charge is 0.222 e. The Bertz CT molecular complexity index is 648. The molecule has 0 spiro atoms. The van der Waals surface area contributed by atoms with Crippen LogP contribution >= 0.6 is 0 Å². The number of nitrogens with zero attached hydrogens (tertiary/aromatic N) is 4. The van der Waals surface area contributed by atoms with Gasteiger partial charge < -0.3 is 15.5 Å². The molecule has 2 aromatic rings. The van der Waals surface area contributed by atoms with Gasteiger partial charge in [-0.15, -0.1) is 0 Å². The summed E-state index contributed by atoms with van der Waals surface area (Å²) in [6.07, 6.45) is 7.56. The summed E-state index contributed by atoms with van der Waals surface area (Å²) in [5.41, 5.74) is 0.928. The lowest BCUT2D eigenvalue weighted by atomic mass is 10.3. The molecule has 1 amide bonds. The van der Waals surface area contributed by atoms with Crippen molar-refractivity contribution in [3.63, 3.8) is 0 Å². The van der Waals surface area contributed by atoms with Crippen LogP contribution in [0.15, 0.2) is 36.9 Å². The molecule has 7 nitrogen and oxygen atoms in total. The molecule has 1 aliphatic rings. The molecule has 0 aliphatic carbocycles. The molecule has 1 saturated heterocycles. The molecule has 7 heteroatoms. The molecule has 1 fully saturated rings. The number of amides is 1. The highest BCUT2D eigenvalue weighted by molar-refractivity contribution is 5.78. The summed E-state index contributed by atoms with van der Waals surface area (Å²) in [4.78, 5) is 25.8. The summed E-state index contributed by atoms with van der Waals surface area (Å²) < 4.78 is 0. The van der Waals surface area contributed by atoms with Crippen molar-refractivity contribution < 1.29 is 4.79 Å². The van der Waals surface area contributed by atoms with Crippen molar-refractivity contribution in [2.75, 3.05) is 30.3 Å². The third-order valence-corrected chi connectivity index (χ3v) is 3.70. The predicted octanol–water partition coefficient (Wildman–Crippen LogP) is 2.04. The number of likely N-dealkylation sites (tertiary alicyclic amines) is 1. The van der Waals surface area contributed by atoms with Crippen molar-refractivity contribution in [2.24, 2.45) is 0 Å². The van der Waals surface area contributed by atoms with Crippen LogP contribution in [-0.4, -0.2) is 45.4 Å². The maximum atomic E-state index is 11.5. The molecule has 0 saturated carbocycles. The lowest BCUT2D eigenvalue weighted by Gasteiger charge is -2.15. The molecular formula is C16H20N6O. The first-order valence-electron chi connectivity index (χ1n) is 7.82. The first-order chi connectivity index (χ1) is 11.3. The Hall–Kier alpha value is -2.70.